The Morgan fingerprint density at radius 2 is 1.95 bits per heavy atom. The number of anilines is 1. The fourth-order valence-electron chi connectivity index (χ4n) is 1.71. The first-order valence-corrected chi connectivity index (χ1v) is 7.64. The van der Waals surface area contributed by atoms with Crippen LogP contribution in [0.3, 0.4) is 0 Å². The van der Waals surface area contributed by atoms with Crippen molar-refractivity contribution in [2.75, 3.05) is 5.32 Å². The quantitative estimate of drug-likeness (QED) is 0.512. The summed E-state index contributed by atoms with van der Waals surface area (Å²) in [6, 6.07) is 9.56. The van der Waals surface area contributed by atoms with E-state index >= 15 is 0 Å². The Bertz CT molecular complexity index is 737. The summed E-state index contributed by atoms with van der Waals surface area (Å²) >= 11 is 12.9. The first-order valence-electron chi connectivity index (χ1n) is 5.77. The van der Waals surface area contributed by atoms with Gasteiger partial charge in [-0.15, -0.1) is 0 Å². The van der Waals surface area contributed by atoms with Crippen LogP contribution in [0.25, 0.3) is 0 Å². The minimum atomic E-state index is -0.467. The normalized spacial score (nSPS) is 10.2. The number of phenols is 1. The van der Waals surface area contributed by atoms with Gasteiger partial charge in [0.05, 0.1) is 11.3 Å². The molecule has 0 saturated heterocycles. The lowest BCUT2D eigenvalue weighted by Gasteiger charge is -2.11. The van der Waals surface area contributed by atoms with Gasteiger partial charge in [-0.3, -0.25) is 4.79 Å². The van der Waals surface area contributed by atoms with Gasteiger partial charge in [0.25, 0.3) is 5.91 Å². The van der Waals surface area contributed by atoms with Crippen molar-refractivity contribution in [1.29, 1.82) is 0 Å². The Balaban J connectivity index is 2.38. The van der Waals surface area contributed by atoms with Crippen molar-refractivity contribution in [2.45, 2.75) is 0 Å². The lowest BCUT2D eigenvalue weighted by atomic mass is 10.1. The van der Waals surface area contributed by atoms with Crippen LogP contribution < -0.4 is 11.1 Å². The minimum absolute atomic E-state index is 0.105. The Morgan fingerprint density at radius 3 is 2.62 bits per heavy atom. The van der Waals surface area contributed by atoms with Crippen molar-refractivity contribution in [3.63, 3.8) is 0 Å². The Morgan fingerprint density at radius 1 is 1.24 bits per heavy atom. The molecular formula is C14H10ClIN2O2S. The number of hydrogen-bond acceptors (Lipinski definition) is 3. The van der Waals surface area contributed by atoms with Crippen LogP contribution in [0.2, 0.25) is 5.02 Å². The summed E-state index contributed by atoms with van der Waals surface area (Å²) in [4.78, 5) is 12.4. The highest BCUT2D eigenvalue weighted by Crippen LogP contribution is 2.24. The average Bonchev–Trinajstić information content (AvgIpc) is 2.41. The van der Waals surface area contributed by atoms with E-state index < -0.39 is 5.91 Å². The van der Waals surface area contributed by atoms with Gasteiger partial charge in [-0.1, -0.05) is 23.8 Å². The average molecular weight is 433 g/mol. The third kappa shape index (κ3) is 3.84. The molecule has 2 aromatic rings. The molecule has 0 atom stereocenters. The van der Waals surface area contributed by atoms with Crippen LogP contribution in [-0.4, -0.2) is 16.0 Å². The number of aromatic hydroxyl groups is 1. The van der Waals surface area contributed by atoms with Crippen LogP contribution in [-0.2, 0) is 0 Å². The maximum atomic E-state index is 12.3. The summed E-state index contributed by atoms with van der Waals surface area (Å²) in [7, 11) is 0. The van der Waals surface area contributed by atoms with Gasteiger partial charge in [-0.25, -0.2) is 0 Å². The standard InChI is InChI=1S/C14H10ClIN2O2S/c15-7-1-3-9(13(17)21)11(5-7)18-14(20)10-6-8(16)2-4-12(10)19/h1-6,19H,(H2,17,21)(H,18,20). The first kappa shape index (κ1) is 16.0. The van der Waals surface area contributed by atoms with Crippen LogP contribution in [0.4, 0.5) is 5.69 Å². The second-order valence-electron chi connectivity index (χ2n) is 4.17. The zero-order valence-electron chi connectivity index (χ0n) is 10.6. The summed E-state index contributed by atoms with van der Waals surface area (Å²) in [5.74, 6) is -0.572. The third-order valence-electron chi connectivity index (χ3n) is 2.70. The molecule has 21 heavy (non-hydrogen) atoms. The number of thiocarbonyl (C=S) groups is 1. The summed E-state index contributed by atoms with van der Waals surface area (Å²) in [6.45, 7) is 0. The first-order chi connectivity index (χ1) is 9.88. The van der Waals surface area contributed by atoms with Crippen molar-refractivity contribution in [2.24, 2.45) is 5.73 Å². The fourth-order valence-corrected chi connectivity index (χ4v) is 2.56. The largest absolute Gasteiger partial charge is 0.507 e. The molecule has 4 N–H and O–H groups in total. The number of benzene rings is 2. The molecule has 4 nitrogen and oxygen atoms in total. The molecule has 0 aliphatic heterocycles. The minimum Gasteiger partial charge on any atom is -0.507 e. The number of halogens is 2. The molecule has 0 unspecified atom stereocenters. The van der Waals surface area contributed by atoms with Crippen LogP contribution in [0, 0.1) is 3.57 Å². The molecule has 7 heteroatoms. The molecule has 108 valence electrons. The number of nitrogens with two attached hydrogens (primary N) is 1. The third-order valence-corrected chi connectivity index (χ3v) is 3.82. The maximum absolute atomic E-state index is 12.3. The SMILES string of the molecule is NC(=S)c1ccc(Cl)cc1NC(=O)c1cc(I)ccc1O. The van der Waals surface area contributed by atoms with Crippen molar-refractivity contribution in [1.82, 2.24) is 0 Å². The summed E-state index contributed by atoms with van der Waals surface area (Å²) in [5.41, 5.74) is 6.69. The van der Waals surface area contributed by atoms with Crippen molar-refractivity contribution in [3.8, 4) is 5.75 Å². The molecule has 0 bridgehead atoms. The van der Waals surface area contributed by atoms with E-state index in [1.165, 1.54) is 6.07 Å². The van der Waals surface area contributed by atoms with E-state index in [2.05, 4.69) is 27.9 Å². The van der Waals surface area contributed by atoms with E-state index in [0.29, 0.717) is 16.3 Å². The predicted octanol–water partition coefficient (Wildman–Crippen LogP) is 3.54. The Hall–Kier alpha value is -1.38. The number of hydrogen-bond donors (Lipinski definition) is 3. The molecule has 0 saturated carbocycles. The van der Waals surface area contributed by atoms with E-state index in [0.717, 1.165) is 3.57 Å². The Kier molecular flexibility index (Phi) is 5.02. The van der Waals surface area contributed by atoms with Crippen LogP contribution in [0.1, 0.15) is 15.9 Å². The molecule has 0 fully saturated rings. The molecule has 2 rings (SSSR count). The Labute approximate surface area is 145 Å². The van der Waals surface area contributed by atoms with Gasteiger partial charge in [0.1, 0.15) is 10.7 Å². The topological polar surface area (TPSA) is 75.3 Å². The van der Waals surface area contributed by atoms with Crippen LogP contribution in [0.5, 0.6) is 5.75 Å². The monoisotopic (exact) mass is 432 g/mol. The number of amides is 1. The highest BCUT2D eigenvalue weighted by molar-refractivity contribution is 14.1. The van der Waals surface area contributed by atoms with Crippen molar-refractivity contribution >= 4 is 63.0 Å². The van der Waals surface area contributed by atoms with Crippen LogP contribution in [0.15, 0.2) is 36.4 Å². The number of nitrogens with one attached hydrogen (secondary N) is 1. The lowest BCUT2D eigenvalue weighted by Crippen LogP contribution is -2.17. The van der Waals surface area contributed by atoms with E-state index in [1.807, 2.05) is 0 Å². The zero-order valence-corrected chi connectivity index (χ0v) is 14.3. The maximum Gasteiger partial charge on any atom is 0.259 e. The van der Waals surface area contributed by atoms with Gasteiger partial charge in [-0.2, -0.15) is 0 Å². The lowest BCUT2D eigenvalue weighted by molar-refractivity contribution is 0.102. The van der Waals surface area contributed by atoms with E-state index in [-0.39, 0.29) is 16.3 Å². The smallest absolute Gasteiger partial charge is 0.259 e. The molecular weight excluding hydrogens is 423 g/mol. The summed E-state index contributed by atoms with van der Waals surface area (Å²) < 4.78 is 0.830. The van der Waals surface area contributed by atoms with Gasteiger partial charge in [0, 0.05) is 14.2 Å². The molecule has 0 aliphatic rings. The van der Waals surface area contributed by atoms with Crippen LogP contribution >= 0.6 is 46.4 Å². The number of carbonyl (C=O) groups excluding carboxylic acids is 1. The van der Waals surface area contributed by atoms with Crippen molar-refractivity contribution < 1.29 is 9.90 Å². The van der Waals surface area contributed by atoms with Crippen molar-refractivity contribution in [3.05, 3.63) is 56.1 Å². The van der Waals surface area contributed by atoms with Gasteiger partial charge >= 0.3 is 0 Å². The van der Waals surface area contributed by atoms with E-state index in [4.69, 9.17) is 29.6 Å². The van der Waals surface area contributed by atoms with Gasteiger partial charge in [0.2, 0.25) is 0 Å². The van der Waals surface area contributed by atoms with E-state index in [9.17, 15) is 9.90 Å². The molecule has 0 radical (unpaired) electrons. The van der Waals surface area contributed by atoms with Gasteiger partial charge < -0.3 is 16.2 Å². The van der Waals surface area contributed by atoms with Gasteiger partial charge in [0.15, 0.2) is 0 Å². The summed E-state index contributed by atoms with van der Waals surface area (Å²) in [5, 5.41) is 12.9. The molecule has 0 aromatic heterocycles. The number of phenolic OH excluding ortho intramolecular Hbond substituents is 1. The second kappa shape index (κ2) is 6.59. The zero-order chi connectivity index (χ0) is 15.6. The molecule has 0 spiro atoms. The fraction of sp³-hybridized carbons (Fsp3) is 0. The molecule has 0 heterocycles. The highest BCUT2D eigenvalue weighted by atomic mass is 127. The molecule has 1 amide bonds. The van der Waals surface area contributed by atoms with E-state index in [1.54, 1.807) is 30.3 Å². The molecule has 2 aromatic carbocycles. The second-order valence-corrected chi connectivity index (χ2v) is 6.29. The summed E-state index contributed by atoms with van der Waals surface area (Å²) in [6.07, 6.45) is 0. The molecule has 0 aliphatic carbocycles. The predicted molar refractivity (Wildman–Crippen MR) is 96.1 cm³/mol. The number of rotatable bonds is 3. The number of carbonyl (C=O) groups is 1. The highest BCUT2D eigenvalue weighted by Gasteiger charge is 2.15. The van der Waals surface area contributed by atoms with Gasteiger partial charge in [-0.05, 0) is 59.0 Å².